The molecule has 156 valence electrons. The summed E-state index contributed by atoms with van der Waals surface area (Å²) in [5.74, 6) is 0.623. The van der Waals surface area contributed by atoms with E-state index < -0.39 is 0 Å². The zero-order valence-electron chi connectivity index (χ0n) is 17.2. The molecule has 3 aromatic carbocycles. The van der Waals surface area contributed by atoms with Crippen LogP contribution in [0.2, 0.25) is 0 Å². The predicted molar refractivity (Wildman–Crippen MR) is 130 cm³/mol. The van der Waals surface area contributed by atoms with Gasteiger partial charge in [0.05, 0.1) is 5.69 Å². The highest BCUT2D eigenvalue weighted by molar-refractivity contribution is 9.10. The molecule has 0 unspecified atom stereocenters. The normalized spacial score (nSPS) is 10.7. The van der Waals surface area contributed by atoms with E-state index in [2.05, 4.69) is 57.4 Å². The molecule has 0 radical (unpaired) electrons. The fraction of sp³-hybridized carbons (Fsp3) is 0.120. The number of thiazole rings is 1. The molecule has 1 aromatic heterocycles. The van der Waals surface area contributed by atoms with E-state index in [0.29, 0.717) is 17.3 Å². The van der Waals surface area contributed by atoms with Gasteiger partial charge in [0.2, 0.25) is 0 Å². The number of hydrogen-bond donors (Lipinski definition) is 1. The van der Waals surface area contributed by atoms with Crippen LogP contribution in [0, 0.1) is 13.8 Å². The van der Waals surface area contributed by atoms with Crippen LogP contribution in [0.5, 0.6) is 5.75 Å². The van der Waals surface area contributed by atoms with Crippen molar-refractivity contribution in [3.63, 3.8) is 0 Å². The van der Waals surface area contributed by atoms with Crippen molar-refractivity contribution in [2.75, 3.05) is 5.32 Å². The second-order valence-electron chi connectivity index (χ2n) is 7.18. The van der Waals surface area contributed by atoms with Gasteiger partial charge >= 0.3 is 0 Å². The Balaban J connectivity index is 1.39. The number of aryl methyl sites for hydroxylation is 2. The lowest BCUT2D eigenvalue weighted by Crippen LogP contribution is -2.11. The first-order valence-electron chi connectivity index (χ1n) is 9.81. The molecule has 0 atom stereocenters. The number of halogens is 1. The fourth-order valence-corrected chi connectivity index (χ4v) is 4.14. The number of nitrogens with zero attached hydrogens (tertiary/aromatic N) is 1. The molecule has 1 heterocycles. The average molecular weight is 493 g/mol. The Morgan fingerprint density at radius 2 is 1.65 bits per heavy atom. The third-order valence-corrected chi connectivity index (χ3v) is 6.19. The number of amides is 1. The Morgan fingerprint density at radius 1 is 0.968 bits per heavy atom. The zero-order chi connectivity index (χ0) is 21.8. The Hall–Kier alpha value is -2.96. The van der Waals surface area contributed by atoms with Crippen LogP contribution in [0.1, 0.15) is 26.4 Å². The molecule has 4 aromatic rings. The van der Waals surface area contributed by atoms with Crippen LogP contribution in [0.15, 0.2) is 77.3 Å². The summed E-state index contributed by atoms with van der Waals surface area (Å²) in [6.45, 7) is 4.51. The van der Waals surface area contributed by atoms with E-state index in [1.165, 1.54) is 16.9 Å². The molecule has 0 aliphatic heterocycles. The third kappa shape index (κ3) is 5.40. The minimum atomic E-state index is -0.176. The SMILES string of the molecule is Cc1ccc(-c2nc(NC(=O)c3ccc(COc4ccc(Br)cc4)cc3)sc2C)cc1. The molecular formula is C25H21BrN2O2S. The van der Waals surface area contributed by atoms with Crippen molar-refractivity contribution in [2.24, 2.45) is 0 Å². The second kappa shape index (κ2) is 9.45. The van der Waals surface area contributed by atoms with Crippen molar-refractivity contribution in [3.05, 3.63) is 98.8 Å². The van der Waals surface area contributed by atoms with Gasteiger partial charge in [0, 0.05) is 20.5 Å². The molecule has 0 fully saturated rings. The lowest BCUT2D eigenvalue weighted by molar-refractivity contribution is 0.102. The highest BCUT2D eigenvalue weighted by atomic mass is 79.9. The molecule has 0 aliphatic rings. The van der Waals surface area contributed by atoms with Crippen molar-refractivity contribution in [3.8, 4) is 17.0 Å². The molecule has 0 saturated carbocycles. The summed E-state index contributed by atoms with van der Waals surface area (Å²) < 4.78 is 6.79. The molecule has 4 nitrogen and oxygen atoms in total. The number of carbonyl (C=O) groups excluding carboxylic acids is 1. The number of anilines is 1. The Kier molecular flexibility index (Phi) is 6.49. The van der Waals surface area contributed by atoms with Crippen LogP contribution >= 0.6 is 27.3 Å². The standard InChI is InChI=1S/C25H21BrN2O2S/c1-16-3-7-19(8-4-16)23-17(2)31-25(27-23)28-24(29)20-9-5-18(6-10-20)15-30-22-13-11-21(26)12-14-22/h3-14H,15H2,1-2H3,(H,27,28,29). The third-order valence-electron chi connectivity index (χ3n) is 4.78. The lowest BCUT2D eigenvalue weighted by atomic mass is 10.1. The first-order chi connectivity index (χ1) is 15.0. The van der Waals surface area contributed by atoms with Crippen LogP contribution in [0.25, 0.3) is 11.3 Å². The molecule has 6 heteroatoms. The van der Waals surface area contributed by atoms with Crippen LogP contribution < -0.4 is 10.1 Å². The number of rotatable bonds is 6. The van der Waals surface area contributed by atoms with E-state index in [0.717, 1.165) is 31.9 Å². The van der Waals surface area contributed by atoms with Gasteiger partial charge in [0.15, 0.2) is 5.13 Å². The minimum absolute atomic E-state index is 0.176. The van der Waals surface area contributed by atoms with Gasteiger partial charge in [0.25, 0.3) is 5.91 Å². The van der Waals surface area contributed by atoms with Gasteiger partial charge < -0.3 is 4.74 Å². The maximum Gasteiger partial charge on any atom is 0.257 e. The molecule has 0 spiro atoms. The van der Waals surface area contributed by atoms with Crippen molar-refractivity contribution >= 4 is 38.3 Å². The van der Waals surface area contributed by atoms with Crippen LogP contribution in [-0.2, 0) is 6.61 Å². The number of carbonyl (C=O) groups is 1. The average Bonchev–Trinajstić information content (AvgIpc) is 3.14. The summed E-state index contributed by atoms with van der Waals surface area (Å²) in [4.78, 5) is 18.4. The smallest absolute Gasteiger partial charge is 0.257 e. The molecule has 0 aliphatic carbocycles. The van der Waals surface area contributed by atoms with Gasteiger partial charge in [-0.3, -0.25) is 10.1 Å². The fourth-order valence-electron chi connectivity index (χ4n) is 3.05. The summed E-state index contributed by atoms with van der Waals surface area (Å²) in [5, 5.41) is 3.51. The molecular weight excluding hydrogens is 472 g/mol. The lowest BCUT2D eigenvalue weighted by Gasteiger charge is -2.07. The summed E-state index contributed by atoms with van der Waals surface area (Å²) in [7, 11) is 0. The first kappa shape index (κ1) is 21.3. The molecule has 0 saturated heterocycles. The topological polar surface area (TPSA) is 51.2 Å². The van der Waals surface area contributed by atoms with Crippen LogP contribution in [0.4, 0.5) is 5.13 Å². The van der Waals surface area contributed by atoms with Crippen molar-refractivity contribution in [1.82, 2.24) is 4.98 Å². The Bertz CT molecular complexity index is 1180. The molecule has 1 N–H and O–H groups in total. The molecule has 4 rings (SSSR count). The van der Waals surface area contributed by atoms with Crippen molar-refractivity contribution < 1.29 is 9.53 Å². The van der Waals surface area contributed by atoms with Gasteiger partial charge in [-0.2, -0.15) is 0 Å². The van der Waals surface area contributed by atoms with Crippen LogP contribution in [-0.4, -0.2) is 10.9 Å². The highest BCUT2D eigenvalue weighted by Crippen LogP contribution is 2.30. The number of nitrogens with one attached hydrogen (secondary N) is 1. The van der Waals surface area contributed by atoms with Gasteiger partial charge in [-0.15, -0.1) is 11.3 Å². The molecule has 0 bridgehead atoms. The number of ether oxygens (including phenoxy) is 1. The monoisotopic (exact) mass is 492 g/mol. The number of hydrogen-bond acceptors (Lipinski definition) is 4. The van der Waals surface area contributed by atoms with E-state index in [-0.39, 0.29) is 5.91 Å². The highest BCUT2D eigenvalue weighted by Gasteiger charge is 2.13. The van der Waals surface area contributed by atoms with E-state index >= 15 is 0 Å². The minimum Gasteiger partial charge on any atom is -0.489 e. The van der Waals surface area contributed by atoms with E-state index in [1.54, 1.807) is 12.1 Å². The molecule has 1 amide bonds. The van der Waals surface area contributed by atoms with E-state index in [1.807, 2.05) is 43.3 Å². The van der Waals surface area contributed by atoms with Crippen LogP contribution in [0.3, 0.4) is 0 Å². The van der Waals surface area contributed by atoms with Gasteiger partial charge in [-0.25, -0.2) is 4.98 Å². The summed E-state index contributed by atoms with van der Waals surface area (Å²) in [6, 6.07) is 23.3. The van der Waals surface area contributed by atoms with E-state index in [9.17, 15) is 4.79 Å². The van der Waals surface area contributed by atoms with E-state index in [4.69, 9.17) is 4.74 Å². The number of benzene rings is 3. The van der Waals surface area contributed by atoms with Gasteiger partial charge in [0.1, 0.15) is 12.4 Å². The summed E-state index contributed by atoms with van der Waals surface area (Å²) in [5.41, 5.74) is 4.73. The predicted octanol–water partition coefficient (Wildman–Crippen LogP) is 7.02. The van der Waals surface area contributed by atoms with Crippen molar-refractivity contribution in [2.45, 2.75) is 20.5 Å². The first-order valence-corrected chi connectivity index (χ1v) is 11.4. The molecule has 31 heavy (non-hydrogen) atoms. The van der Waals surface area contributed by atoms with Gasteiger partial charge in [-0.1, -0.05) is 57.9 Å². The quantitative estimate of drug-likeness (QED) is 0.314. The summed E-state index contributed by atoms with van der Waals surface area (Å²) in [6.07, 6.45) is 0. The Labute approximate surface area is 194 Å². The zero-order valence-corrected chi connectivity index (χ0v) is 19.6. The summed E-state index contributed by atoms with van der Waals surface area (Å²) >= 11 is 4.89. The Morgan fingerprint density at radius 3 is 2.32 bits per heavy atom. The van der Waals surface area contributed by atoms with Gasteiger partial charge in [-0.05, 0) is 55.8 Å². The second-order valence-corrected chi connectivity index (χ2v) is 9.30. The van der Waals surface area contributed by atoms with Crippen molar-refractivity contribution in [1.29, 1.82) is 0 Å². The maximum atomic E-state index is 12.7. The largest absolute Gasteiger partial charge is 0.489 e. The maximum absolute atomic E-state index is 12.7. The number of aromatic nitrogens is 1.